The van der Waals surface area contributed by atoms with Crippen LogP contribution < -0.4 is 16.4 Å². The van der Waals surface area contributed by atoms with Crippen LogP contribution in [-0.2, 0) is 25.7 Å². The highest BCUT2D eigenvalue weighted by atomic mass is 32.1. The molecule has 0 aliphatic heterocycles. The van der Waals surface area contributed by atoms with Crippen LogP contribution in [0.3, 0.4) is 0 Å². The molecule has 61 heavy (non-hydrogen) atoms. The number of thiazole rings is 2. The average Bonchev–Trinajstić information content (AvgIpc) is 3.90. The number of amidine groups is 1. The molecule has 0 fully saturated rings. The third kappa shape index (κ3) is 8.76. The molecule has 0 radical (unpaired) electrons. The lowest BCUT2D eigenvalue weighted by molar-refractivity contribution is 0.101. The number of hydrogen-bond acceptors (Lipinski definition) is 11. The third-order valence-electron chi connectivity index (χ3n) is 9.82. The number of rotatable bonds is 6. The Bertz CT molecular complexity index is 2800. The predicted molar refractivity (Wildman–Crippen MR) is 225 cm³/mol. The van der Waals surface area contributed by atoms with Crippen molar-refractivity contribution in [3.8, 4) is 32.3 Å². The number of carbonyl (C=O) groups excluding carboxylic acids is 2. The average molecular weight is 869 g/mol. The van der Waals surface area contributed by atoms with Gasteiger partial charge in [-0.2, -0.15) is 4.98 Å². The minimum absolute atomic E-state index is 0. The van der Waals surface area contributed by atoms with Crippen LogP contribution >= 0.6 is 22.7 Å². The summed E-state index contributed by atoms with van der Waals surface area (Å²) in [6.07, 6.45) is 4.81. The van der Waals surface area contributed by atoms with Crippen LogP contribution in [0.25, 0.3) is 32.3 Å². The van der Waals surface area contributed by atoms with Gasteiger partial charge in [0, 0.05) is 18.1 Å². The first-order valence-corrected chi connectivity index (χ1v) is 20.2. The zero-order chi connectivity index (χ0) is 42.1. The second kappa shape index (κ2) is 17.8. The van der Waals surface area contributed by atoms with E-state index in [4.69, 9.17) is 15.5 Å². The summed E-state index contributed by atoms with van der Waals surface area (Å²) in [5, 5.41) is 21.5. The fourth-order valence-corrected chi connectivity index (χ4v) is 9.16. The van der Waals surface area contributed by atoms with Crippen LogP contribution in [0.1, 0.15) is 75.0 Å². The van der Waals surface area contributed by atoms with E-state index in [1.165, 1.54) is 34.8 Å². The van der Waals surface area contributed by atoms with E-state index in [1.807, 2.05) is 30.3 Å². The molecule has 312 valence electrons. The Morgan fingerprint density at radius 3 is 1.69 bits per heavy atom. The molecule has 3 aromatic heterocycles. The van der Waals surface area contributed by atoms with Crippen molar-refractivity contribution >= 4 is 50.6 Å². The summed E-state index contributed by atoms with van der Waals surface area (Å²) < 4.78 is 60.6. The van der Waals surface area contributed by atoms with Crippen molar-refractivity contribution in [1.82, 2.24) is 20.1 Å². The van der Waals surface area contributed by atoms with E-state index in [2.05, 4.69) is 35.9 Å². The van der Waals surface area contributed by atoms with Crippen LogP contribution in [-0.4, -0.2) is 43.0 Å². The van der Waals surface area contributed by atoms with Gasteiger partial charge in [0.1, 0.15) is 34.4 Å². The second-order valence-electron chi connectivity index (χ2n) is 13.8. The van der Waals surface area contributed by atoms with E-state index in [-0.39, 0.29) is 18.4 Å². The van der Waals surface area contributed by atoms with Crippen molar-refractivity contribution in [1.29, 1.82) is 0 Å². The number of nitrogens with zero attached hydrogens (tertiary/aromatic N) is 5. The summed E-state index contributed by atoms with van der Waals surface area (Å²) in [5.74, 6) is -4.36. The molecular weight excluding hydrogens is 833 g/mol. The SMILES string of the molecule is C.Cc1nc(-c2ccc3c(c2)CCCc2nc(NC(=O)c4c(F)cccc4F)sc2-3)no1.NC(=NO)c1ccc2c(c1)CCCc1nc(NC(=O)c3c(F)cccc3F)sc1-2. The van der Waals surface area contributed by atoms with Crippen molar-refractivity contribution in [3.63, 3.8) is 0 Å². The van der Waals surface area contributed by atoms with Gasteiger partial charge in [-0.05, 0) is 97.2 Å². The summed E-state index contributed by atoms with van der Waals surface area (Å²) in [4.78, 5) is 39.9. The number of aromatic nitrogens is 4. The maximum atomic E-state index is 13.9. The van der Waals surface area contributed by atoms with Gasteiger partial charge in [-0.15, -0.1) is 0 Å². The Hall–Kier alpha value is -6.79. The molecule has 0 atom stereocenters. The quantitative estimate of drug-likeness (QED) is 0.0416. The Labute approximate surface area is 354 Å². The number of amides is 2. The van der Waals surface area contributed by atoms with E-state index < -0.39 is 46.2 Å². The summed E-state index contributed by atoms with van der Waals surface area (Å²) >= 11 is 2.54. The topological polar surface area (TPSA) is 182 Å². The fraction of sp³-hybridized carbons (Fsp3) is 0.186. The molecule has 0 unspecified atom stereocenters. The molecule has 2 aliphatic rings. The van der Waals surface area contributed by atoms with E-state index >= 15 is 0 Å². The number of nitrogens with two attached hydrogens (primary N) is 1. The van der Waals surface area contributed by atoms with Gasteiger partial charge in [-0.3, -0.25) is 20.2 Å². The van der Waals surface area contributed by atoms with E-state index in [0.29, 0.717) is 28.8 Å². The lowest BCUT2D eigenvalue weighted by Gasteiger charge is -2.08. The maximum Gasteiger partial charge on any atom is 0.263 e. The molecule has 0 spiro atoms. The minimum atomic E-state index is -0.929. The zero-order valence-corrected chi connectivity index (χ0v) is 33.1. The standard InChI is InChI=1S/C22H16F2N4O2S.C20H16F2N4O2S.CH4/c1-11-25-20(28-30-11)13-8-9-14-12(10-13)4-2-7-17-19(14)31-22(26-17)27-21(29)18-15(23)5-3-6-16(18)24;21-13-4-2-5-14(22)16(13)19(27)25-20-24-15-6-1-3-10-9-11(18(23)26-28)7-8-12(10)17(15)29-20;/h3,5-6,8-10H,2,4,7H2,1H3,(H,26,27,29);2,4-5,7-9,28H,1,3,6H2,(H2,23,26)(H,24,25,27);1H4. The number of fused-ring (bicyclic) bond motifs is 6. The Balaban J connectivity index is 0.000000181. The molecular formula is C43H36F4N8O4S2. The smallest absolute Gasteiger partial charge is 0.263 e. The highest BCUT2D eigenvalue weighted by Crippen LogP contribution is 2.41. The first-order valence-electron chi connectivity index (χ1n) is 18.5. The largest absolute Gasteiger partial charge is 0.409 e. The number of halogens is 4. The zero-order valence-electron chi connectivity index (χ0n) is 31.5. The number of aryl methyl sites for hydroxylation is 5. The van der Waals surface area contributed by atoms with Gasteiger partial charge in [-0.25, -0.2) is 27.5 Å². The molecule has 5 N–H and O–H groups in total. The van der Waals surface area contributed by atoms with Crippen LogP contribution in [0.5, 0.6) is 0 Å². The van der Waals surface area contributed by atoms with Crippen LogP contribution in [0, 0.1) is 30.2 Å². The van der Waals surface area contributed by atoms with Crippen molar-refractivity contribution in [2.24, 2.45) is 10.9 Å². The first kappa shape index (κ1) is 42.3. The normalized spacial score (nSPS) is 12.8. The van der Waals surface area contributed by atoms with Gasteiger partial charge in [-0.1, -0.05) is 76.8 Å². The van der Waals surface area contributed by atoms with E-state index in [1.54, 1.807) is 13.0 Å². The summed E-state index contributed by atoms with van der Waals surface area (Å²) in [5.41, 5.74) is 11.7. The number of hydrogen-bond donors (Lipinski definition) is 4. The minimum Gasteiger partial charge on any atom is -0.409 e. The Morgan fingerprint density at radius 2 is 1.21 bits per heavy atom. The molecule has 9 rings (SSSR count). The van der Waals surface area contributed by atoms with Crippen molar-refractivity contribution in [2.45, 2.75) is 52.9 Å². The lowest BCUT2D eigenvalue weighted by Crippen LogP contribution is -2.15. The molecule has 4 aromatic carbocycles. The van der Waals surface area contributed by atoms with Gasteiger partial charge in [0.05, 0.1) is 21.1 Å². The van der Waals surface area contributed by atoms with Gasteiger partial charge in [0.2, 0.25) is 11.7 Å². The molecule has 0 saturated carbocycles. The Morgan fingerprint density at radius 1 is 0.721 bits per heavy atom. The number of anilines is 2. The van der Waals surface area contributed by atoms with Crippen LogP contribution in [0.2, 0.25) is 0 Å². The highest BCUT2D eigenvalue weighted by Gasteiger charge is 2.25. The van der Waals surface area contributed by atoms with Crippen LogP contribution in [0.15, 0.2) is 82.5 Å². The molecule has 18 heteroatoms. The van der Waals surface area contributed by atoms with Gasteiger partial charge in [0.15, 0.2) is 16.1 Å². The summed E-state index contributed by atoms with van der Waals surface area (Å²) in [6, 6.07) is 18.0. The van der Waals surface area contributed by atoms with E-state index in [0.717, 1.165) is 105 Å². The summed E-state index contributed by atoms with van der Waals surface area (Å²) in [7, 11) is 0. The molecule has 0 bridgehead atoms. The van der Waals surface area contributed by atoms with Gasteiger partial charge >= 0.3 is 0 Å². The van der Waals surface area contributed by atoms with Crippen LogP contribution in [0.4, 0.5) is 27.8 Å². The lowest BCUT2D eigenvalue weighted by atomic mass is 10.0. The number of benzene rings is 4. The summed E-state index contributed by atoms with van der Waals surface area (Å²) in [6.45, 7) is 1.74. The van der Waals surface area contributed by atoms with Gasteiger partial charge < -0.3 is 15.5 Å². The van der Waals surface area contributed by atoms with E-state index in [9.17, 15) is 27.2 Å². The van der Waals surface area contributed by atoms with Crippen molar-refractivity contribution in [2.75, 3.05) is 10.6 Å². The molecule has 2 aliphatic carbocycles. The Kier molecular flexibility index (Phi) is 12.4. The third-order valence-corrected chi connectivity index (χ3v) is 11.9. The second-order valence-corrected chi connectivity index (χ2v) is 15.8. The monoisotopic (exact) mass is 868 g/mol. The maximum absolute atomic E-state index is 13.9. The fourth-order valence-electron chi connectivity index (χ4n) is 7.03. The molecule has 3 heterocycles. The number of oxime groups is 1. The number of carbonyl (C=O) groups is 2. The first-order chi connectivity index (χ1) is 29.0. The molecule has 12 nitrogen and oxygen atoms in total. The highest BCUT2D eigenvalue weighted by molar-refractivity contribution is 7.19. The molecule has 2 amide bonds. The van der Waals surface area contributed by atoms with Gasteiger partial charge in [0.25, 0.3) is 11.8 Å². The van der Waals surface area contributed by atoms with Crippen molar-refractivity contribution in [3.05, 3.63) is 141 Å². The molecule has 7 aromatic rings. The van der Waals surface area contributed by atoms with Crippen molar-refractivity contribution < 1.29 is 36.9 Å². The number of nitrogens with one attached hydrogen (secondary N) is 2. The molecule has 0 saturated heterocycles. The predicted octanol–water partition coefficient (Wildman–Crippen LogP) is 9.75.